The molecule has 0 aliphatic rings. The molecule has 7 nitrogen and oxygen atoms in total. The van der Waals surface area contributed by atoms with Gasteiger partial charge in [0.15, 0.2) is 11.4 Å². The summed E-state index contributed by atoms with van der Waals surface area (Å²) in [7, 11) is -3.72. The van der Waals surface area contributed by atoms with E-state index in [0.717, 1.165) is 16.3 Å². The maximum Gasteiger partial charge on any atom is 0.208 e. The third-order valence-electron chi connectivity index (χ3n) is 5.37. The number of aryl methyl sites for hydroxylation is 1. The van der Waals surface area contributed by atoms with Gasteiger partial charge >= 0.3 is 0 Å². The van der Waals surface area contributed by atoms with Crippen molar-refractivity contribution < 1.29 is 13.2 Å². The number of hydrogen-bond acceptors (Lipinski definition) is 6. The van der Waals surface area contributed by atoms with E-state index in [1.165, 1.54) is 6.20 Å². The fourth-order valence-electron chi connectivity index (χ4n) is 3.65. The van der Waals surface area contributed by atoms with Crippen LogP contribution in [-0.2, 0) is 16.3 Å². The lowest BCUT2D eigenvalue weighted by atomic mass is 10.0. The number of benzene rings is 2. The average Bonchev–Trinajstić information content (AvgIpc) is 3.30. The molecule has 158 valence electrons. The minimum Gasteiger partial charge on any atom is -0.294 e. The van der Waals surface area contributed by atoms with E-state index in [-0.39, 0.29) is 15.6 Å². The predicted molar refractivity (Wildman–Crippen MR) is 120 cm³/mol. The van der Waals surface area contributed by atoms with E-state index in [4.69, 9.17) is 0 Å². The number of fused-ring (bicyclic) bond motifs is 2. The molecule has 2 aromatic carbocycles. The molecule has 1 N–H and O–H groups in total. The summed E-state index contributed by atoms with van der Waals surface area (Å²) in [4.78, 5) is 21.4. The number of pyridine rings is 2. The highest BCUT2D eigenvalue weighted by atomic mass is 32.2. The van der Waals surface area contributed by atoms with Crippen LogP contribution in [0.4, 0.5) is 0 Å². The molecule has 0 saturated heterocycles. The zero-order chi connectivity index (χ0) is 22.1. The van der Waals surface area contributed by atoms with Gasteiger partial charge in [0.25, 0.3) is 0 Å². The van der Waals surface area contributed by atoms with Gasteiger partial charge in [-0.15, -0.1) is 0 Å². The Morgan fingerprint density at radius 1 is 0.906 bits per heavy atom. The number of carbonyl (C=O) groups excluding carboxylic acids is 1. The van der Waals surface area contributed by atoms with E-state index in [0.29, 0.717) is 29.6 Å². The summed E-state index contributed by atoms with van der Waals surface area (Å²) in [6, 6.07) is 17.1. The van der Waals surface area contributed by atoms with Crippen LogP contribution in [0, 0.1) is 0 Å². The van der Waals surface area contributed by atoms with Crippen molar-refractivity contribution in [1.29, 1.82) is 0 Å². The van der Waals surface area contributed by atoms with Gasteiger partial charge in [-0.3, -0.25) is 14.9 Å². The molecule has 0 aliphatic carbocycles. The number of carbonyl (C=O) groups is 1. The third kappa shape index (κ3) is 3.65. The fourth-order valence-corrected chi connectivity index (χ4v) is 5.08. The van der Waals surface area contributed by atoms with E-state index in [2.05, 4.69) is 20.2 Å². The van der Waals surface area contributed by atoms with Crippen molar-refractivity contribution in [3.8, 4) is 0 Å². The summed E-state index contributed by atoms with van der Waals surface area (Å²) < 4.78 is 26.4. The van der Waals surface area contributed by atoms with Crippen LogP contribution in [0.15, 0.2) is 89.0 Å². The van der Waals surface area contributed by atoms with Crippen molar-refractivity contribution in [3.63, 3.8) is 0 Å². The van der Waals surface area contributed by atoms with Crippen molar-refractivity contribution in [2.24, 2.45) is 0 Å². The number of aromatic nitrogens is 4. The highest BCUT2D eigenvalue weighted by Crippen LogP contribution is 2.27. The largest absolute Gasteiger partial charge is 0.294 e. The molecule has 5 rings (SSSR count). The van der Waals surface area contributed by atoms with Gasteiger partial charge in [0, 0.05) is 35.2 Å². The molecule has 0 fully saturated rings. The molecular weight excluding hydrogens is 424 g/mol. The first-order chi connectivity index (χ1) is 15.5. The van der Waals surface area contributed by atoms with Gasteiger partial charge in [0.2, 0.25) is 9.84 Å². The van der Waals surface area contributed by atoms with E-state index in [1.54, 1.807) is 60.9 Å². The molecule has 32 heavy (non-hydrogen) atoms. The third-order valence-corrected chi connectivity index (χ3v) is 7.17. The lowest BCUT2D eigenvalue weighted by molar-refractivity contribution is 0.0982. The second kappa shape index (κ2) is 7.97. The number of ketones is 1. The summed E-state index contributed by atoms with van der Waals surface area (Å²) >= 11 is 0. The standard InChI is InChI=1S/C24H18N4O3S/c29-21(18-13-19-15-27-28-24(19)26-14-18)11-8-16-6-9-20(10-7-16)32(30,31)22-5-1-3-17-4-2-12-25-23(17)22/h1-7,9-10,12-15H,8,11H2,(H,26,27,28). The molecule has 0 saturated carbocycles. The van der Waals surface area contributed by atoms with Gasteiger partial charge in [-0.25, -0.2) is 13.4 Å². The van der Waals surface area contributed by atoms with Gasteiger partial charge in [-0.1, -0.05) is 30.3 Å². The topological polar surface area (TPSA) is 106 Å². The number of Topliss-reactive ketones (excluding diaryl/α,β-unsaturated/α-hetero) is 1. The summed E-state index contributed by atoms with van der Waals surface area (Å²) in [5.74, 6) is -0.0286. The quantitative estimate of drug-likeness (QED) is 0.396. The number of rotatable bonds is 6. The Morgan fingerprint density at radius 2 is 1.72 bits per heavy atom. The first-order valence-electron chi connectivity index (χ1n) is 10.0. The highest BCUT2D eigenvalue weighted by Gasteiger charge is 2.21. The number of hydrogen-bond donors (Lipinski definition) is 1. The predicted octanol–water partition coefficient (Wildman–Crippen LogP) is 4.15. The molecule has 0 bridgehead atoms. The summed E-state index contributed by atoms with van der Waals surface area (Å²) in [6.07, 6.45) is 5.55. The van der Waals surface area contributed by atoms with Crippen molar-refractivity contribution in [2.75, 3.05) is 0 Å². The van der Waals surface area contributed by atoms with Crippen LogP contribution in [0.2, 0.25) is 0 Å². The Kier molecular flexibility index (Phi) is 4.99. The first kappa shape index (κ1) is 20.0. The average molecular weight is 443 g/mol. The van der Waals surface area contributed by atoms with Crippen LogP contribution in [0.3, 0.4) is 0 Å². The van der Waals surface area contributed by atoms with Crippen LogP contribution < -0.4 is 0 Å². The Hall–Kier alpha value is -3.91. The monoisotopic (exact) mass is 442 g/mol. The van der Waals surface area contributed by atoms with E-state index in [1.807, 2.05) is 12.1 Å². The first-order valence-corrected chi connectivity index (χ1v) is 11.5. The summed E-state index contributed by atoms with van der Waals surface area (Å²) in [5.41, 5.74) is 2.50. The maximum absolute atomic E-state index is 13.2. The zero-order valence-corrected chi connectivity index (χ0v) is 17.7. The number of nitrogens with zero attached hydrogens (tertiary/aromatic N) is 3. The lowest BCUT2D eigenvalue weighted by Crippen LogP contribution is -2.05. The van der Waals surface area contributed by atoms with Gasteiger partial charge in [-0.05, 0) is 42.3 Å². The smallest absolute Gasteiger partial charge is 0.208 e. The Labute approximate surface area is 184 Å². The Bertz CT molecular complexity index is 1550. The van der Waals surface area contributed by atoms with E-state index < -0.39 is 9.84 Å². The lowest BCUT2D eigenvalue weighted by Gasteiger charge is -2.08. The molecule has 3 heterocycles. The van der Waals surface area contributed by atoms with E-state index >= 15 is 0 Å². The second-order valence-electron chi connectivity index (χ2n) is 7.43. The molecule has 0 unspecified atom stereocenters. The molecule has 0 radical (unpaired) electrons. The molecular formula is C24H18N4O3S. The van der Waals surface area contributed by atoms with E-state index in [9.17, 15) is 13.2 Å². The van der Waals surface area contributed by atoms with Crippen molar-refractivity contribution in [1.82, 2.24) is 20.2 Å². The minimum atomic E-state index is -3.72. The molecule has 3 aromatic heterocycles. The van der Waals surface area contributed by atoms with Crippen LogP contribution >= 0.6 is 0 Å². The number of sulfone groups is 1. The van der Waals surface area contributed by atoms with Crippen LogP contribution in [-0.4, -0.2) is 34.4 Å². The van der Waals surface area contributed by atoms with Gasteiger partial charge in [0.05, 0.1) is 21.5 Å². The molecule has 0 aliphatic heterocycles. The highest BCUT2D eigenvalue weighted by molar-refractivity contribution is 7.91. The molecule has 0 spiro atoms. The minimum absolute atomic E-state index is 0.0286. The number of H-pyrrole nitrogens is 1. The van der Waals surface area contributed by atoms with Crippen molar-refractivity contribution >= 4 is 37.6 Å². The maximum atomic E-state index is 13.2. The second-order valence-corrected chi connectivity index (χ2v) is 9.35. The van der Waals surface area contributed by atoms with Gasteiger partial charge in [0.1, 0.15) is 0 Å². The van der Waals surface area contributed by atoms with Crippen molar-refractivity contribution in [2.45, 2.75) is 22.6 Å². The van der Waals surface area contributed by atoms with Crippen molar-refractivity contribution in [3.05, 3.63) is 90.4 Å². The fraction of sp³-hybridized carbons (Fsp3) is 0.0833. The summed E-state index contributed by atoms with van der Waals surface area (Å²) in [6.45, 7) is 0. The van der Waals surface area contributed by atoms with Crippen LogP contribution in [0.1, 0.15) is 22.3 Å². The molecule has 0 atom stereocenters. The number of nitrogens with one attached hydrogen (secondary N) is 1. The van der Waals surface area contributed by atoms with Crippen LogP contribution in [0.5, 0.6) is 0 Å². The SMILES string of the molecule is O=C(CCc1ccc(S(=O)(=O)c2cccc3cccnc23)cc1)c1cnc2[nH]ncc2c1. The normalized spacial score (nSPS) is 11.8. The number of para-hydroxylation sites is 1. The van der Waals surface area contributed by atoms with Gasteiger partial charge in [-0.2, -0.15) is 5.10 Å². The van der Waals surface area contributed by atoms with Crippen LogP contribution in [0.25, 0.3) is 21.9 Å². The number of aromatic amines is 1. The summed E-state index contributed by atoms with van der Waals surface area (Å²) in [5, 5.41) is 8.22. The Balaban J connectivity index is 1.34. The van der Waals surface area contributed by atoms with Gasteiger partial charge < -0.3 is 0 Å². The molecule has 0 amide bonds. The molecule has 5 aromatic rings. The Morgan fingerprint density at radius 3 is 2.56 bits per heavy atom. The zero-order valence-electron chi connectivity index (χ0n) is 16.9. The molecule has 8 heteroatoms.